The molecular weight excluding hydrogens is 1150 g/mol. The highest BCUT2D eigenvalue weighted by Crippen LogP contribution is 2.34. The van der Waals surface area contributed by atoms with Crippen LogP contribution in [0.3, 0.4) is 0 Å². The molecule has 5 rings (SSSR count). The standard InChI is InChI=1S/C60H90N16O13/c1-33(77)51(76-58(88)48(30-49(62)80)74-55(85)42(16-9-10-24-61)71-56(86)46(69-34(2)78)27-37-20-22-39(79)23-21-37)59(89)75-45(26-35-12-5-4-6-13-35)53(83)68-32-50(81)70-47(28-36-18-19-36)57(87)72-43(17-11-25-66-60(64)65-3)54(84)73-44(52(63)82)29-38-31-67-41-15-8-7-14-40(38)41/h7-8,14-15,20-23,31,33,35-36,42-48,51,67,77,79H,4-6,9-13,16-19,24-30,32,61H2,1-3H3,(H2,62,80)(H2,63,82)(H,68,83)(H,69,78)(H,70,81)(H,71,86)(H,72,87)(H,73,84)(H,74,85)(H,75,89)(H,76,88)(H3,64,65,66)/t33-,42+,43+,44+,45+,46-,47+,48+,51+/m1/s1. The van der Waals surface area contributed by atoms with Gasteiger partial charge in [0, 0.05) is 50.5 Å². The molecule has 0 bridgehead atoms. The van der Waals surface area contributed by atoms with Crippen molar-refractivity contribution >= 4 is 81.8 Å². The van der Waals surface area contributed by atoms with Crippen LogP contribution in [0.2, 0.25) is 0 Å². The summed E-state index contributed by atoms with van der Waals surface area (Å²) in [5.74, 6) is -9.33. The lowest BCUT2D eigenvalue weighted by Crippen LogP contribution is -2.61. The molecule has 2 aliphatic carbocycles. The number of aromatic nitrogens is 1. The first-order chi connectivity index (χ1) is 42.4. The second-order valence-electron chi connectivity index (χ2n) is 23.0. The molecule has 488 valence electrons. The number of aliphatic hydroxyl groups is 1. The predicted molar refractivity (Wildman–Crippen MR) is 328 cm³/mol. The molecule has 3 aromatic rings. The fraction of sp³-hybridized carbons (Fsp3) is 0.567. The molecule has 11 amide bonds. The van der Waals surface area contributed by atoms with E-state index in [1.54, 1.807) is 25.4 Å². The summed E-state index contributed by atoms with van der Waals surface area (Å²) in [4.78, 5) is 153. The fourth-order valence-electron chi connectivity index (χ4n) is 10.6. The number of carbonyl (C=O) groups excluding carboxylic acids is 11. The topological polar surface area (TPSA) is 478 Å². The molecule has 2 fully saturated rings. The summed E-state index contributed by atoms with van der Waals surface area (Å²) >= 11 is 0. The Morgan fingerprint density at radius 3 is 1.78 bits per heavy atom. The highest BCUT2D eigenvalue weighted by atomic mass is 16.3. The number of rotatable bonds is 37. The lowest BCUT2D eigenvalue weighted by atomic mass is 9.84. The Morgan fingerprint density at radius 2 is 1.18 bits per heavy atom. The molecule has 0 radical (unpaired) electrons. The number of amides is 11. The van der Waals surface area contributed by atoms with Crippen molar-refractivity contribution in [3.63, 3.8) is 0 Å². The van der Waals surface area contributed by atoms with Crippen molar-refractivity contribution in [3.8, 4) is 5.75 Å². The number of hydrogen-bond acceptors (Lipinski definition) is 15. The molecule has 29 heteroatoms. The smallest absolute Gasteiger partial charge is 0.245 e. The summed E-state index contributed by atoms with van der Waals surface area (Å²) in [7, 11) is 1.56. The average molecular weight is 1240 g/mol. The number of phenolic OH excluding ortho intramolecular Hbond substituents is 1. The number of aromatic hydroxyl groups is 1. The third-order valence-electron chi connectivity index (χ3n) is 15.6. The van der Waals surface area contributed by atoms with Gasteiger partial charge in [-0.1, -0.05) is 75.3 Å². The third kappa shape index (κ3) is 24.3. The first kappa shape index (κ1) is 70.9. The van der Waals surface area contributed by atoms with E-state index >= 15 is 0 Å². The number of primary amides is 2. The van der Waals surface area contributed by atoms with Crippen LogP contribution in [0.15, 0.2) is 54.7 Å². The van der Waals surface area contributed by atoms with Crippen molar-refractivity contribution in [1.29, 1.82) is 5.41 Å². The van der Waals surface area contributed by atoms with Gasteiger partial charge in [0.2, 0.25) is 65.0 Å². The minimum Gasteiger partial charge on any atom is -0.508 e. The monoisotopic (exact) mass is 1240 g/mol. The number of guanidine groups is 1. The van der Waals surface area contributed by atoms with Gasteiger partial charge in [0.25, 0.3) is 0 Å². The zero-order chi connectivity index (χ0) is 65.2. The molecule has 89 heavy (non-hydrogen) atoms. The Labute approximate surface area is 516 Å². The van der Waals surface area contributed by atoms with Crippen molar-refractivity contribution in [2.75, 3.05) is 26.7 Å². The van der Waals surface area contributed by atoms with Crippen molar-refractivity contribution in [2.45, 2.75) is 177 Å². The minimum atomic E-state index is -1.80. The number of para-hydroxylation sites is 1. The van der Waals surface area contributed by atoms with E-state index in [1.165, 1.54) is 26.0 Å². The zero-order valence-corrected chi connectivity index (χ0v) is 50.8. The summed E-state index contributed by atoms with van der Waals surface area (Å²) in [5, 5.41) is 58.2. The number of carbonyl (C=O) groups is 11. The van der Waals surface area contributed by atoms with E-state index in [0.29, 0.717) is 31.2 Å². The number of H-pyrrole nitrogens is 1. The van der Waals surface area contributed by atoms with E-state index in [-0.39, 0.29) is 81.6 Å². The summed E-state index contributed by atoms with van der Waals surface area (Å²) in [6.07, 6.45) is 6.27. The highest BCUT2D eigenvalue weighted by molar-refractivity contribution is 5.99. The average Bonchev–Trinajstić information content (AvgIpc) is 2.08. The summed E-state index contributed by atoms with van der Waals surface area (Å²) < 4.78 is 0. The Balaban J connectivity index is 1.27. The molecule has 9 atom stereocenters. The Bertz CT molecular complexity index is 2930. The normalized spacial score (nSPS) is 16.1. The van der Waals surface area contributed by atoms with E-state index in [2.05, 4.69) is 63.5 Å². The second-order valence-corrected chi connectivity index (χ2v) is 23.0. The molecule has 1 aromatic heterocycles. The molecule has 0 unspecified atom stereocenters. The lowest BCUT2D eigenvalue weighted by molar-refractivity contribution is -0.137. The molecule has 2 saturated carbocycles. The van der Waals surface area contributed by atoms with Gasteiger partial charge in [0.1, 0.15) is 54.1 Å². The van der Waals surface area contributed by atoms with Gasteiger partial charge in [-0.15, -0.1) is 0 Å². The van der Waals surface area contributed by atoms with Crippen molar-refractivity contribution in [2.24, 2.45) is 29.0 Å². The number of hydrogen-bond donors (Lipinski definition) is 18. The van der Waals surface area contributed by atoms with Crippen LogP contribution in [-0.2, 0) is 65.6 Å². The van der Waals surface area contributed by atoms with E-state index < -0.39 is 132 Å². The van der Waals surface area contributed by atoms with Crippen LogP contribution in [0.5, 0.6) is 5.75 Å². The van der Waals surface area contributed by atoms with Gasteiger partial charge in [-0.3, -0.25) is 58.1 Å². The minimum absolute atomic E-state index is 0.00632. The van der Waals surface area contributed by atoms with Gasteiger partial charge >= 0.3 is 0 Å². The van der Waals surface area contributed by atoms with E-state index in [4.69, 9.17) is 22.6 Å². The van der Waals surface area contributed by atoms with Gasteiger partial charge < -0.3 is 90.9 Å². The first-order valence-electron chi connectivity index (χ1n) is 30.4. The second kappa shape index (κ2) is 35.8. The lowest BCUT2D eigenvalue weighted by Gasteiger charge is -2.29. The number of benzene rings is 2. The van der Waals surface area contributed by atoms with E-state index in [0.717, 1.165) is 48.6 Å². The van der Waals surface area contributed by atoms with Gasteiger partial charge in [0.15, 0.2) is 5.96 Å². The molecule has 2 aliphatic rings. The molecule has 0 aliphatic heterocycles. The van der Waals surface area contributed by atoms with Crippen LogP contribution in [0, 0.1) is 17.2 Å². The van der Waals surface area contributed by atoms with Crippen LogP contribution < -0.4 is 75.7 Å². The van der Waals surface area contributed by atoms with E-state index in [9.17, 15) is 63.0 Å². The molecule has 29 nitrogen and oxygen atoms in total. The molecular formula is C60H90N16O13. The van der Waals surface area contributed by atoms with Crippen molar-refractivity contribution in [3.05, 3.63) is 65.9 Å². The van der Waals surface area contributed by atoms with Crippen LogP contribution in [0.4, 0.5) is 0 Å². The summed E-state index contributed by atoms with van der Waals surface area (Å²) in [6, 6.07) is 2.27. The first-order valence-corrected chi connectivity index (χ1v) is 30.4. The van der Waals surface area contributed by atoms with Gasteiger partial charge in [-0.2, -0.15) is 0 Å². The molecule has 0 spiro atoms. The van der Waals surface area contributed by atoms with Gasteiger partial charge in [-0.05, 0) is 99.6 Å². The van der Waals surface area contributed by atoms with Crippen LogP contribution in [-0.4, -0.2) is 167 Å². The number of nitrogens with two attached hydrogens (primary N) is 3. The SMILES string of the molecule is CNC(=N)NCCC[C@H](NC(=O)[C@H](CC1CC1)NC(=O)CNC(=O)[C@H](CC1CCCCC1)NC(=O)[C@@H](NC(=O)[C@H](CC(N)=O)NC(=O)[C@H](CCCCN)NC(=O)[C@@H](Cc1ccc(O)cc1)NC(C)=O)[C@@H](C)O)C(=O)N[C@@H](Cc1c[nH]c2ccccc12)C(N)=O. The van der Waals surface area contributed by atoms with Crippen LogP contribution in [0.25, 0.3) is 10.9 Å². The number of fused-ring (bicyclic) bond motifs is 1. The number of aliphatic hydroxyl groups excluding tert-OH is 1. The Hall–Kier alpha value is -8.86. The van der Waals surface area contributed by atoms with Gasteiger partial charge in [0.05, 0.1) is 19.1 Å². The third-order valence-corrected chi connectivity index (χ3v) is 15.6. The predicted octanol–water partition coefficient (Wildman–Crippen LogP) is -2.16. The largest absolute Gasteiger partial charge is 0.508 e. The summed E-state index contributed by atoms with van der Waals surface area (Å²) in [5.41, 5.74) is 19.1. The van der Waals surface area contributed by atoms with E-state index in [1.807, 2.05) is 24.3 Å². The number of unbranched alkanes of at least 4 members (excludes halogenated alkanes) is 1. The maximum Gasteiger partial charge on any atom is 0.245 e. The summed E-state index contributed by atoms with van der Waals surface area (Å²) in [6.45, 7) is 2.19. The molecule has 1 heterocycles. The Kier molecular flexibility index (Phi) is 28.5. The number of aromatic amines is 1. The number of nitrogens with one attached hydrogen (secondary N) is 13. The maximum absolute atomic E-state index is 14.2. The molecule has 2 aromatic carbocycles. The fourth-order valence-corrected chi connectivity index (χ4v) is 10.6. The maximum atomic E-state index is 14.2. The molecule has 21 N–H and O–H groups in total. The zero-order valence-electron chi connectivity index (χ0n) is 50.8. The molecule has 0 saturated heterocycles. The Morgan fingerprint density at radius 1 is 0.618 bits per heavy atom. The quantitative estimate of drug-likeness (QED) is 0.0166. The van der Waals surface area contributed by atoms with Crippen molar-refractivity contribution < 1.29 is 63.0 Å². The van der Waals surface area contributed by atoms with Crippen molar-refractivity contribution in [1.82, 2.24) is 63.5 Å². The highest BCUT2D eigenvalue weighted by Gasteiger charge is 2.37. The number of phenols is 1. The van der Waals surface area contributed by atoms with Gasteiger partial charge in [-0.25, -0.2) is 0 Å². The van der Waals surface area contributed by atoms with Crippen LogP contribution in [0.1, 0.15) is 121 Å². The van der Waals surface area contributed by atoms with Crippen LogP contribution >= 0.6 is 0 Å².